The number of carbonyl (C=O) groups is 2. The summed E-state index contributed by atoms with van der Waals surface area (Å²) in [6, 6.07) is 0.351. The van der Waals surface area contributed by atoms with Crippen molar-refractivity contribution in [2.45, 2.75) is 39.4 Å². The van der Waals surface area contributed by atoms with Gasteiger partial charge in [0.15, 0.2) is 0 Å². The van der Waals surface area contributed by atoms with Crippen LogP contribution < -0.4 is 10.6 Å². The first-order chi connectivity index (χ1) is 8.97. The Morgan fingerprint density at radius 2 is 2.21 bits per heavy atom. The number of carboxylic acid groups (broad SMARTS) is 1. The largest absolute Gasteiger partial charge is 0.480 e. The smallest absolute Gasteiger partial charge is 0.325 e. The normalized spacial score (nSPS) is 10.7. The van der Waals surface area contributed by atoms with E-state index in [0.29, 0.717) is 24.7 Å². The molecule has 1 aromatic heterocycles. The van der Waals surface area contributed by atoms with Gasteiger partial charge < -0.3 is 15.7 Å². The zero-order valence-electron chi connectivity index (χ0n) is 11.1. The van der Waals surface area contributed by atoms with Crippen LogP contribution in [0.25, 0.3) is 0 Å². The van der Waals surface area contributed by atoms with E-state index in [0.717, 1.165) is 0 Å². The minimum absolute atomic E-state index is 0.0825. The van der Waals surface area contributed by atoms with E-state index in [1.54, 1.807) is 0 Å². The second kappa shape index (κ2) is 7.47. The first kappa shape index (κ1) is 15.1. The predicted octanol–water partition coefficient (Wildman–Crippen LogP) is -0.633. The maximum atomic E-state index is 11.5. The maximum Gasteiger partial charge on any atom is 0.325 e. The number of aliphatic carboxylic acids is 1. The summed E-state index contributed by atoms with van der Waals surface area (Å²) in [5.74, 6) is -1.07. The van der Waals surface area contributed by atoms with Gasteiger partial charge >= 0.3 is 5.97 Å². The van der Waals surface area contributed by atoms with Gasteiger partial charge in [-0.15, -0.1) is 5.10 Å². The lowest BCUT2D eigenvalue weighted by molar-refractivity contribution is -0.138. The molecule has 1 aromatic rings. The van der Waals surface area contributed by atoms with E-state index in [9.17, 15) is 9.59 Å². The quantitative estimate of drug-likeness (QED) is 0.579. The number of hydrogen-bond acceptors (Lipinski definition) is 5. The molecule has 0 bridgehead atoms. The molecular weight excluding hydrogens is 250 g/mol. The van der Waals surface area contributed by atoms with Crippen LogP contribution in [-0.4, -0.2) is 44.6 Å². The summed E-state index contributed by atoms with van der Waals surface area (Å²) in [7, 11) is 0. The van der Waals surface area contributed by atoms with Gasteiger partial charge in [0.2, 0.25) is 5.91 Å². The molecule has 0 spiro atoms. The van der Waals surface area contributed by atoms with Crippen molar-refractivity contribution in [2.75, 3.05) is 6.54 Å². The number of aromatic nitrogens is 3. The van der Waals surface area contributed by atoms with Crippen LogP contribution in [0.2, 0.25) is 0 Å². The number of carbonyl (C=O) groups excluding carboxylic acids is 1. The van der Waals surface area contributed by atoms with Gasteiger partial charge in [-0.05, 0) is 0 Å². The van der Waals surface area contributed by atoms with E-state index in [2.05, 4.69) is 20.9 Å². The maximum absolute atomic E-state index is 11.5. The molecule has 0 saturated heterocycles. The summed E-state index contributed by atoms with van der Waals surface area (Å²) >= 11 is 0. The van der Waals surface area contributed by atoms with Crippen LogP contribution >= 0.6 is 0 Å². The summed E-state index contributed by atoms with van der Waals surface area (Å²) in [6.07, 6.45) is 1.89. The van der Waals surface area contributed by atoms with Gasteiger partial charge in [-0.3, -0.25) is 9.59 Å². The Labute approximate surface area is 111 Å². The van der Waals surface area contributed by atoms with Gasteiger partial charge in [-0.2, -0.15) is 0 Å². The molecule has 0 fully saturated rings. The van der Waals surface area contributed by atoms with E-state index < -0.39 is 5.97 Å². The number of nitrogens with zero attached hydrogens (tertiary/aromatic N) is 3. The summed E-state index contributed by atoms with van der Waals surface area (Å²) in [6.45, 7) is 4.66. The molecule has 0 aliphatic rings. The van der Waals surface area contributed by atoms with Crippen LogP contribution in [0.4, 0.5) is 0 Å². The van der Waals surface area contributed by atoms with Crippen molar-refractivity contribution in [3.63, 3.8) is 0 Å². The zero-order valence-corrected chi connectivity index (χ0v) is 11.1. The summed E-state index contributed by atoms with van der Waals surface area (Å²) < 4.78 is 1.21. The topological polar surface area (TPSA) is 109 Å². The number of nitrogens with one attached hydrogen (secondary N) is 2. The first-order valence-corrected chi connectivity index (χ1v) is 6.08. The lowest BCUT2D eigenvalue weighted by Crippen LogP contribution is -2.30. The highest BCUT2D eigenvalue weighted by molar-refractivity contribution is 5.75. The first-order valence-electron chi connectivity index (χ1n) is 6.08. The Hall–Kier alpha value is -1.96. The minimum atomic E-state index is -0.986. The molecule has 0 aromatic carbocycles. The number of hydrogen-bond donors (Lipinski definition) is 3. The molecule has 8 heteroatoms. The molecule has 1 heterocycles. The van der Waals surface area contributed by atoms with E-state index in [1.807, 2.05) is 13.8 Å². The summed E-state index contributed by atoms with van der Waals surface area (Å²) in [5.41, 5.74) is 0.534. The predicted molar refractivity (Wildman–Crippen MR) is 67.3 cm³/mol. The molecule has 1 amide bonds. The lowest BCUT2D eigenvalue weighted by atomic mass is 10.3. The van der Waals surface area contributed by atoms with Gasteiger partial charge in [-0.1, -0.05) is 19.1 Å². The molecule has 0 unspecified atom stereocenters. The molecule has 1 rings (SSSR count). The molecule has 0 atom stereocenters. The van der Waals surface area contributed by atoms with Crippen molar-refractivity contribution < 1.29 is 14.7 Å². The molecular formula is C11H19N5O3. The number of amides is 1. The third-order valence-corrected chi connectivity index (χ3v) is 2.25. The van der Waals surface area contributed by atoms with Crippen LogP contribution in [0, 0.1) is 0 Å². The van der Waals surface area contributed by atoms with Crippen molar-refractivity contribution in [1.29, 1.82) is 0 Å². The van der Waals surface area contributed by atoms with Crippen molar-refractivity contribution in [2.24, 2.45) is 0 Å². The van der Waals surface area contributed by atoms with Crippen LogP contribution in [-0.2, 0) is 22.7 Å². The average molecular weight is 269 g/mol. The van der Waals surface area contributed by atoms with Crippen LogP contribution in [0.3, 0.4) is 0 Å². The Balaban J connectivity index is 2.26. The van der Waals surface area contributed by atoms with Crippen LogP contribution in [0.1, 0.15) is 26.0 Å². The Morgan fingerprint density at radius 1 is 1.47 bits per heavy atom. The molecule has 19 heavy (non-hydrogen) atoms. The SMILES string of the molecule is CC(C)NCCC(=O)NCc1cn(CC(=O)O)nn1. The third kappa shape index (κ3) is 6.51. The van der Waals surface area contributed by atoms with E-state index in [4.69, 9.17) is 5.11 Å². The molecule has 106 valence electrons. The van der Waals surface area contributed by atoms with Crippen molar-refractivity contribution >= 4 is 11.9 Å². The van der Waals surface area contributed by atoms with Gasteiger partial charge in [0.1, 0.15) is 12.2 Å². The van der Waals surface area contributed by atoms with Crippen molar-refractivity contribution in [1.82, 2.24) is 25.6 Å². The van der Waals surface area contributed by atoms with Gasteiger partial charge in [0, 0.05) is 19.0 Å². The molecule has 0 saturated carbocycles. The number of carboxylic acids is 1. The molecule has 0 aliphatic heterocycles. The lowest BCUT2D eigenvalue weighted by Gasteiger charge is -2.07. The summed E-state index contributed by atoms with van der Waals surface area (Å²) in [4.78, 5) is 21.9. The van der Waals surface area contributed by atoms with Crippen molar-refractivity contribution in [3.8, 4) is 0 Å². The van der Waals surface area contributed by atoms with Crippen LogP contribution in [0.15, 0.2) is 6.20 Å². The fourth-order valence-electron chi connectivity index (χ4n) is 1.39. The molecule has 0 radical (unpaired) electrons. The highest BCUT2D eigenvalue weighted by Crippen LogP contribution is 1.93. The number of rotatable bonds is 8. The Kier molecular flexibility index (Phi) is 5.94. The molecule has 8 nitrogen and oxygen atoms in total. The highest BCUT2D eigenvalue weighted by Gasteiger charge is 2.06. The third-order valence-electron chi connectivity index (χ3n) is 2.25. The second-order valence-electron chi connectivity index (χ2n) is 4.44. The van der Waals surface area contributed by atoms with Gasteiger partial charge in [0.25, 0.3) is 0 Å². The van der Waals surface area contributed by atoms with E-state index >= 15 is 0 Å². The Bertz CT molecular complexity index is 430. The zero-order chi connectivity index (χ0) is 14.3. The van der Waals surface area contributed by atoms with E-state index in [-0.39, 0.29) is 19.0 Å². The van der Waals surface area contributed by atoms with E-state index in [1.165, 1.54) is 10.9 Å². The Morgan fingerprint density at radius 3 is 2.84 bits per heavy atom. The summed E-state index contributed by atoms with van der Waals surface area (Å²) in [5, 5.41) is 21.8. The minimum Gasteiger partial charge on any atom is -0.480 e. The fourth-order valence-corrected chi connectivity index (χ4v) is 1.39. The molecule has 0 aliphatic carbocycles. The average Bonchev–Trinajstić information content (AvgIpc) is 2.72. The van der Waals surface area contributed by atoms with Gasteiger partial charge in [-0.25, -0.2) is 4.68 Å². The standard InChI is InChI=1S/C11H19N5O3/c1-8(2)12-4-3-10(17)13-5-9-6-16(15-14-9)7-11(18)19/h6,8,12H,3-5,7H2,1-2H3,(H,13,17)(H,18,19). The molecule has 3 N–H and O–H groups in total. The van der Waals surface area contributed by atoms with Crippen molar-refractivity contribution in [3.05, 3.63) is 11.9 Å². The highest BCUT2D eigenvalue weighted by atomic mass is 16.4. The van der Waals surface area contributed by atoms with Crippen LogP contribution in [0.5, 0.6) is 0 Å². The fraction of sp³-hybridized carbons (Fsp3) is 0.636. The second-order valence-corrected chi connectivity index (χ2v) is 4.44. The monoisotopic (exact) mass is 269 g/mol. The van der Waals surface area contributed by atoms with Gasteiger partial charge in [0.05, 0.1) is 12.7 Å².